The molecule has 1 aliphatic heterocycles. The van der Waals surface area contributed by atoms with Crippen molar-refractivity contribution in [3.05, 3.63) is 36.8 Å². The molecule has 2 N–H and O–H groups in total. The van der Waals surface area contributed by atoms with Crippen LogP contribution in [0.4, 0.5) is 0 Å². The molecule has 1 unspecified atom stereocenters. The lowest BCUT2D eigenvalue weighted by Crippen LogP contribution is -2.42. The molecule has 0 radical (unpaired) electrons. The van der Waals surface area contributed by atoms with Gasteiger partial charge in [0.05, 0.1) is 12.8 Å². The van der Waals surface area contributed by atoms with Gasteiger partial charge in [0.2, 0.25) is 0 Å². The Morgan fingerprint density at radius 1 is 1.46 bits per heavy atom. The van der Waals surface area contributed by atoms with Crippen LogP contribution in [0, 0.1) is 0 Å². The van der Waals surface area contributed by atoms with Gasteiger partial charge in [-0.25, -0.2) is 0 Å². The topological polar surface area (TPSA) is 52.8 Å². The van der Waals surface area contributed by atoms with Gasteiger partial charge in [0.15, 0.2) is 5.96 Å². The molecular weight excluding hydrogens is 300 g/mol. The quantitative estimate of drug-likeness (QED) is 0.415. The summed E-state index contributed by atoms with van der Waals surface area (Å²) in [6, 6.07) is 4.66. The van der Waals surface area contributed by atoms with E-state index in [0.717, 1.165) is 43.8 Å². The van der Waals surface area contributed by atoms with Crippen LogP contribution in [0.3, 0.4) is 0 Å². The molecule has 0 spiro atoms. The molecule has 1 aromatic heterocycles. The SMILES string of the molecule is C=CCNC(=NCCN1CCCCC1CC)NCCc1ccco1. The number of likely N-dealkylation sites (tertiary alicyclic amines) is 1. The first kappa shape index (κ1) is 18.6. The average Bonchev–Trinajstić information content (AvgIpc) is 3.13. The number of hydrogen-bond acceptors (Lipinski definition) is 3. The summed E-state index contributed by atoms with van der Waals surface area (Å²) in [6.45, 7) is 10.7. The minimum Gasteiger partial charge on any atom is -0.469 e. The first-order valence-corrected chi connectivity index (χ1v) is 9.23. The highest BCUT2D eigenvalue weighted by Gasteiger charge is 2.19. The Morgan fingerprint density at radius 3 is 3.12 bits per heavy atom. The molecule has 0 saturated carbocycles. The van der Waals surface area contributed by atoms with Gasteiger partial charge in [-0.3, -0.25) is 9.89 Å². The summed E-state index contributed by atoms with van der Waals surface area (Å²) < 4.78 is 5.36. The third-order valence-corrected chi connectivity index (χ3v) is 4.54. The Kier molecular flexibility index (Phi) is 8.46. The van der Waals surface area contributed by atoms with E-state index in [2.05, 4.69) is 29.0 Å². The maximum atomic E-state index is 5.36. The molecular formula is C19H32N4O. The van der Waals surface area contributed by atoms with Crippen molar-refractivity contribution < 1.29 is 4.42 Å². The fraction of sp³-hybridized carbons (Fsp3) is 0.632. The lowest BCUT2D eigenvalue weighted by Gasteiger charge is -2.34. The molecule has 1 aromatic rings. The second-order valence-electron chi connectivity index (χ2n) is 6.25. The van der Waals surface area contributed by atoms with Crippen molar-refractivity contribution in [2.45, 2.75) is 45.1 Å². The number of aliphatic imine (C=N–C) groups is 1. The van der Waals surface area contributed by atoms with Crippen LogP contribution in [0.2, 0.25) is 0 Å². The molecule has 2 heterocycles. The van der Waals surface area contributed by atoms with Crippen LogP contribution in [-0.2, 0) is 6.42 Å². The van der Waals surface area contributed by atoms with E-state index in [1.165, 1.54) is 32.2 Å². The van der Waals surface area contributed by atoms with Crippen molar-refractivity contribution >= 4 is 5.96 Å². The number of rotatable bonds is 9. The van der Waals surface area contributed by atoms with Gasteiger partial charge >= 0.3 is 0 Å². The lowest BCUT2D eigenvalue weighted by atomic mass is 10.0. The molecule has 1 fully saturated rings. The summed E-state index contributed by atoms with van der Waals surface area (Å²) in [5.74, 6) is 1.84. The van der Waals surface area contributed by atoms with Gasteiger partial charge in [0, 0.05) is 32.1 Å². The van der Waals surface area contributed by atoms with E-state index < -0.39 is 0 Å². The molecule has 0 amide bonds. The van der Waals surface area contributed by atoms with Crippen molar-refractivity contribution in [1.29, 1.82) is 0 Å². The number of hydrogen-bond donors (Lipinski definition) is 2. The maximum Gasteiger partial charge on any atom is 0.191 e. The van der Waals surface area contributed by atoms with Gasteiger partial charge in [-0.2, -0.15) is 0 Å². The van der Waals surface area contributed by atoms with E-state index in [4.69, 9.17) is 9.41 Å². The molecule has 1 saturated heterocycles. The Hall–Kier alpha value is -1.75. The van der Waals surface area contributed by atoms with Crippen LogP contribution in [-0.4, -0.2) is 49.6 Å². The summed E-state index contributed by atoms with van der Waals surface area (Å²) in [4.78, 5) is 7.32. The van der Waals surface area contributed by atoms with Crippen molar-refractivity contribution in [3.8, 4) is 0 Å². The smallest absolute Gasteiger partial charge is 0.191 e. The predicted molar refractivity (Wildman–Crippen MR) is 100 cm³/mol. The number of piperidine rings is 1. The number of furan rings is 1. The number of guanidine groups is 1. The Morgan fingerprint density at radius 2 is 2.38 bits per heavy atom. The van der Waals surface area contributed by atoms with Gasteiger partial charge in [0.1, 0.15) is 5.76 Å². The molecule has 0 aromatic carbocycles. The minimum atomic E-state index is 0.716. The van der Waals surface area contributed by atoms with Gasteiger partial charge in [0.25, 0.3) is 0 Å². The van der Waals surface area contributed by atoms with Crippen LogP contribution >= 0.6 is 0 Å². The summed E-state index contributed by atoms with van der Waals surface area (Å²) in [6.07, 6.45) is 9.69. The third-order valence-electron chi connectivity index (χ3n) is 4.54. The summed E-state index contributed by atoms with van der Waals surface area (Å²) in [7, 11) is 0. The van der Waals surface area contributed by atoms with Crippen LogP contribution < -0.4 is 10.6 Å². The van der Waals surface area contributed by atoms with Gasteiger partial charge in [-0.15, -0.1) is 6.58 Å². The molecule has 5 nitrogen and oxygen atoms in total. The third kappa shape index (κ3) is 6.40. The second kappa shape index (κ2) is 10.9. The van der Waals surface area contributed by atoms with Crippen LogP contribution in [0.15, 0.2) is 40.5 Å². The Balaban J connectivity index is 1.77. The highest BCUT2D eigenvalue weighted by Crippen LogP contribution is 2.18. The van der Waals surface area contributed by atoms with Gasteiger partial charge in [-0.1, -0.05) is 19.4 Å². The van der Waals surface area contributed by atoms with Crippen LogP contribution in [0.1, 0.15) is 38.4 Å². The Labute approximate surface area is 146 Å². The summed E-state index contributed by atoms with van der Waals surface area (Å²) >= 11 is 0. The van der Waals surface area contributed by atoms with Crippen molar-refractivity contribution in [2.75, 3.05) is 32.7 Å². The highest BCUT2D eigenvalue weighted by molar-refractivity contribution is 5.79. The molecule has 2 rings (SSSR count). The Bertz CT molecular complexity index is 484. The first-order valence-electron chi connectivity index (χ1n) is 9.23. The fourth-order valence-electron chi connectivity index (χ4n) is 3.21. The molecule has 1 atom stereocenters. The average molecular weight is 332 g/mol. The molecule has 5 heteroatoms. The second-order valence-corrected chi connectivity index (χ2v) is 6.25. The summed E-state index contributed by atoms with van der Waals surface area (Å²) in [5.41, 5.74) is 0. The molecule has 1 aliphatic rings. The van der Waals surface area contributed by atoms with Crippen LogP contribution in [0.5, 0.6) is 0 Å². The van der Waals surface area contributed by atoms with E-state index in [9.17, 15) is 0 Å². The largest absolute Gasteiger partial charge is 0.469 e. The zero-order valence-corrected chi connectivity index (χ0v) is 15.0. The molecule has 24 heavy (non-hydrogen) atoms. The maximum absolute atomic E-state index is 5.36. The lowest BCUT2D eigenvalue weighted by molar-refractivity contribution is 0.148. The number of nitrogens with one attached hydrogen (secondary N) is 2. The van der Waals surface area contributed by atoms with Crippen molar-refractivity contribution in [1.82, 2.24) is 15.5 Å². The van der Waals surface area contributed by atoms with Crippen molar-refractivity contribution in [2.24, 2.45) is 4.99 Å². The highest BCUT2D eigenvalue weighted by atomic mass is 16.3. The standard InChI is InChI=1S/C19H32N4O/c1-3-11-20-19(21-12-10-18-9-7-16-24-18)22-13-15-23-14-6-5-8-17(23)4-2/h3,7,9,16-17H,1,4-6,8,10-15H2,2H3,(H2,20,21,22). The fourth-order valence-corrected chi connectivity index (χ4v) is 3.21. The number of nitrogens with zero attached hydrogens (tertiary/aromatic N) is 2. The predicted octanol–water partition coefficient (Wildman–Crippen LogP) is 2.81. The molecule has 0 bridgehead atoms. The van der Waals surface area contributed by atoms with E-state index >= 15 is 0 Å². The van der Waals surface area contributed by atoms with E-state index in [1.807, 2.05) is 18.2 Å². The van der Waals surface area contributed by atoms with E-state index in [1.54, 1.807) is 6.26 Å². The molecule has 134 valence electrons. The van der Waals surface area contributed by atoms with Gasteiger partial charge < -0.3 is 15.1 Å². The summed E-state index contributed by atoms with van der Waals surface area (Å²) in [5, 5.41) is 6.65. The van der Waals surface area contributed by atoms with E-state index in [-0.39, 0.29) is 0 Å². The van der Waals surface area contributed by atoms with E-state index in [0.29, 0.717) is 6.54 Å². The van der Waals surface area contributed by atoms with Gasteiger partial charge in [-0.05, 0) is 37.9 Å². The zero-order valence-electron chi connectivity index (χ0n) is 15.0. The molecule has 0 aliphatic carbocycles. The zero-order chi connectivity index (χ0) is 17.0. The van der Waals surface area contributed by atoms with Crippen LogP contribution in [0.25, 0.3) is 0 Å². The first-order chi connectivity index (χ1) is 11.8. The van der Waals surface area contributed by atoms with Crippen molar-refractivity contribution in [3.63, 3.8) is 0 Å². The monoisotopic (exact) mass is 332 g/mol. The minimum absolute atomic E-state index is 0.716. The normalized spacial score (nSPS) is 19.2.